The molecule has 0 aliphatic carbocycles. The Bertz CT molecular complexity index is 620. The highest BCUT2D eigenvalue weighted by Crippen LogP contribution is 2.21. The second-order valence-corrected chi connectivity index (χ2v) is 6.29. The Balaban J connectivity index is 2.42. The van der Waals surface area contributed by atoms with Crippen molar-refractivity contribution in [3.8, 4) is 0 Å². The van der Waals surface area contributed by atoms with Crippen molar-refractivity contribution in [2.45, 2.75) is 24.3 Å². The van der Waals surface area contributed by atoms with Crippen molar-refractivity contribution in [2.75, 3.05) is 6.54 Å². The van der Waals surface area contributed by atoms with E-state index in [1.54, 1.807) is 24.7 Å². The molecule has 0 saturated carbocycles. The second kappa shape index (κ2) is 4.78. The van der Waals surface area contributed by atoms with Crippen LogP contribution in [0.3, 0.4) is 0 Å². The molecule has 2 rings (SSSR count). The van der Waals surface area contributed by atoms with Crippen molar-refractivity contribution < 1.29 is 18.0 Å². The SMILES string of the molecule is CCC1C(=O)NC(=O)CN1S(=O)(=O)c1ccn(C)c1. The number of aryl methyl sites for hydroxylation is 1. The minimum atomic E-state index is -3.84. The Morgan fingerprint density at radius 1 is 1.42 bits per heavy atom. The molecule has 2 amide bonds. The number of sulfonamides is 1. The van der Waals surface area contributed by atoms with Crippen LogP contribution in [-0.2, 0) is 26.7 Å². The molecule has 8 heteroatoms. The zero-order chi connectivity index (χ0) is 14.2. The maximum Gasteiger partial charge on any atom is 0.245 e. The van der Waals surface area contributed by atoms with Crippen LogP contribution in [0.2, 0.25) is 0 Å². The summed E-state index contributed by atoms with van der Waals surface area (Å²) >= 11 is 0. The number of nitrogens with one attached hydrogen (secondary N) is 1. The van der Waals surface area contributed by atoms with Crippen LogP contribution < -0.4 is 5.32 Å². The number of carbonyl (C=O) groups is 2. The molecule has 0 bridgehead atoms. The predicted molar refractivity (Wildman–Crippen MR) is 66.5 cm³/mol. The van der Waals surface area contributed by atoms with Gasteiger partial charge in [0.1, 0.15) is 6.04 Å². The zero-order valence-corrected chi connectivity index (χ0v) is 11.5. The number of carbonyl (C=O) groups excluding carboxylic acids is 2. The van der Waals surface area contributed by atoms with E-state index in [0.717, 1.165) is 4.31 Å². The van der Waals surface area contributed by atoms with Gasteiger partial charge in [-0.25, -0.2) is 8.42 Å². The quantitative estimate of drug-likeness (QED) is 0.755. The summed E-state index contributed by atoms with van der Waals surface area (Å²) in [5.74, 6) is -1.17. The first-order valence-electron chi connectivity index (χ1n) is 5.83. The summed E-state index contributed by atoms with van der Waals surface area (Å²) in [5, 5.41) is 2.15. The molecule has 19 heavy (non-hydrogen) atoms. The molecule has 1 fully saturated rings. The minimum Gasteiger partial charge on any atom is -0.356 e. The summed E-state index contributed by atoms with van der Waals surface area (Å²) < 4.78 is 27.4. The lowest BCUT2D eigenvalue weighted by atomic mass is 10.2. The highest BCUT2D eigenvalue weighted by atomic mass is 32.2. The van der Waals surface area contributed by atoms with E-state index in [1.165, 1.54) is 12.3 Å². The Kier molecular flexibility index (Phi) is 3.46. The molecule has 0 aromatic carbocycles. The predicted octanol–water partition coefficient (Wildman–Crippen LogP) is -0.549. The normalized spacial score (nSPS) is 21.5. The van der Waals surface area contributed by atoms with Crippen molar-refractivity contribution in [1.82, 2.24) is 14.2 Å². The van der Waals surface area contributed by atoms with Gasteiger partial charge in [0.25, 0.3) is 0 Å². The van der Waals surface area contributed by atoms with Crippen LogP contribution in [0.1, 0.15) is 13.3 Å². The van der Waals surface area contributed by atoms with E-state index in [0.29, 0.717) is 6.42 Å². The molecular formula is C11H15N3O4S. The minimum absolute atomic E-state index is 0.0796. The van der Waals surface area contributed by atoms with Crippen LogP contribution in [0.5, 0.6) is 0 Å². The van der Waals surface area contributed by atoms with Gasteiger partial charge in [0.05, 0.1) is 11.4 Å². The largest absolute Gasteiger partial charge is 0.356 e. The number of aromatic nitrogens is 1. The average Bonchev–Trinajstić information content (AvgIpc) is 2.75. The summed E-state index contributed by atoms with van der Waals surface area (Å²) in [4.78, 5) is 23.2. The lowest BCUT2D eigenvalue weighted by molar-refractivity contribution is -0.137. The third-order valence-corrected chi connectivity index (χ3v) is 4.85. The summed E-state index contributed by atoms with van der Waals surface area (Å²) in [6.45, 7) is 1.37. The summed E-state index contributed by atoms with van der Waals surface area (Å²) in [7, 11) is -2.14. The topological polar surface area (TPSA) is 88.5 Å². The van der Waals surface area contributed by atoms with Crippen LogP contribution >= 0.6 is 0 Å². The van der Waals surface area contributed by atoms with Crippen LogP contribution in [-0.4, -0.2) is 41.7 Å². The van der Waals surface area contributed by atoms with E-state index in [2.05, 4.69) is 5.32 Å². The van der Waals surface area contributed by atoms with Crippen molar-refractivity contribution in [2.24, 2.45) is 7.05 Å². The third-order valence-electron chi connectivity index (χ3n) is 3.01. The molecule has 1 atom stereocenters. The standard InChI is InChI=1S/C11H15N3O4S/c1-3-9-11(16)12-10(15)7-14(9)19(17,18)8-4-5-13(2)6-8/h4-6,9H,3,7H2,1-2H3,(H,12,15,16). The molecule has 1 aliphatic heterocycles. The van der Waals surface area contributed by atoms with Crippen molar-refractivity contribution in [3.05, 3.63) is 18.5 Å². The molecule has 1 aromatic heterocycles. The summed E-state index contributed by atoms with van der Waals surface area (Å²) in [6, 6.07) is 0.599. The number of piperazine rings is 1. The van der Waals surface area contributed by atoms with Gasteiger partial charge in [0.2, 0.25) is 21.8 Å². The maximum atomic E-state index is 12.4. The highest BCUT2D eigenvalue weighted by Gasteiger charge is 2.40. The zero-order valence-electron chi connectivity index (χ0n) is 10.7. The molecule has 2 heterocycles. The monoisotopic (exact) mass is 285 g/mol. The molecule has 1 aliphatic rings. The van der Waals surface area contributed by atoms with Gasteiger partial charge in [-0.1, -0.05) is 6.92 Å². The van der Waals surface area contributed by atoms with E-state index in [9.17, 15) is 18.0 Å². The number of hydrogen-bond acceptors (Lipinski definition) is 4. The van der Waals surface area contributed by atoms with Gasteiger partial charge in [-0.2, -0.15) is 4.31 Å². The molecule has 7 nitrogen and oxygen atoms in total. The van der Waals surface area contributed by atoms with Crippen molar-refractivity contribution >= 4 is 21.8 Å². The Morgan fingerprint density at radius 2 is 2.11 bits per heavy atom. The average molecular weight is 285 g/mol. The lowest BCUT2D eigenvalue weighted by Gasteiger charge is -2.31. The maximum absolute atomic E-state index is 12.4. The van der Waals surface area contributed by atoms with Crippen LogP contribution in [0.25, 0.3) is 0 Å². The Morgan fingerprint density at radius 3 is 2.63 bits per heavy atom. The molecular weight excluding hydrogens is 270 g/mol. The highest BCUT2D eigenvalue weighted by molar-refractivity contribution is 7.89. The fourth-order valence-electron chi connectivity index (χ4n) is 2.05. The fourth-order valence-corrected chi connectivity index (χ4v) is 3.72. The molecule has 1 unspecified atom stereocenters. The number of imide groups is 1. The number of hydrogen-bond donors (Lipinski definition) is 1. The van der Waals surface area contributed by atoms with Crippen LogP contribution in [0, 0.1) is 0 Å². The third kappa shape index (κ3) is 2.41. The van der Waals surface area contributed by atoms with Gasteiger partial charge in [-0.05, 0) is 12.5 Å². The van der Waals surface area contributed by atoms with Gasteiger partial charge in [-0.3, -0.25) is 14.9 Å². The summed E-state index contributed by atoms with van der Waals surface area (Å²) in [5.41, 5.74) is 0. The number of rotatable bonds is 3. The fraction of sp³-hybridized carbons (Fsp3) is 0.455. The van der Waals surface area contributed by atoms with Crippen molar-refractivity contribution in [1.29, 1.82) is 0 Å². The Labute approximate surface area is 111 Å². The van der Waals surface area contributed by atoms with E-state index in [4.69, 9.17) is 0 Å². The van der Waals surface area contributed by atoms with Gasteiger partial charge in [0.15, 0.2) is 0 Å². The first kappa shape index (κ1) is 13.8. The van der Waals surface area contributed by atoms with E-state index in [-0.39, 0.29) is 11.4 Å². The van der Waals surface area contributed by atoms with Crippen LogP contribution in [0.4, 0.5) is 0 Å². The van der Waals surface area contributed by atoms with Gasteiger partial charge < -0.3 is 4.57 Å². The van der Waals surface area contributed by atoms with Crippen molar-refractivity contribution in [3.63, 3.8) is 0 Å². The molecule has 104 valence electrons. The van der Waals surface area contributed by atoms with E-state index < -0.39 is 27.9 Å². The number of amides is 2. The smallest absolute Gasteiger partial charge is 0.245 e. The lowest BCUT2D eigenvalue weighted by Crippen LogP contribution is -2.59. The molecule has 1 saturated heterocycles. The van der Waals surface area contributed by atoms with Gasteiger partial charge in [-0.15, -0.1) is 0 Å². The molecule has 1 N–H and O–H groups in total. The van der Waals surface area contributed by atoms with Crippen LogP contribution in [0.15, 0.2) is 23.4 Å². The van der Waals surface area contributed by atoms with E-state index in [1.807, 2.05) is 0 Å². The molecule has 0 spiro atoms. The first-order valence-corrected chi connectivity index (χ1v) is 7.27. The van der Waals surface area contributed by atoms with Gasteiger partial charge in [0, 0.05) is 19.4 Å². The second-order valence-electron chi connectivity index (χ2n) is 4.40. The van der Waals surface area contributed by atoms with Gasteiger partial charge >= 0.3 is 0 Å². The first-order chi connectivity index (χ1) is 8.86. The van der Waals surface area contributed by atoms with E-state index >= 15 is 0 Å². The Hall–Kier alpha value is -1.67. The summed E-state index contributed by atoms with van der Waals surface area (Å²) in [6.07, 6.45) is 3.35. The molecule has 0 radical (unpaired) electrons. The molecule has 1 aromatic rings. The number of nitrogens with zero attached hydrogens (tertiary/aromatic N) is 2.